The number of ether oxygens (including phenoxy) is 2. The standard InChI is InChI=1S/C19H17F2N3O2/c1-22-18-17(21)10-23-19(24-18)26-12-14-4-8-16(9-5-14)25-11-13-2-6-15(20)7-3-13/h2-10H,11-12H2,1H3,(H,22,23,24). The summed E-state index contributed by atoms with van der Waals surface area (Å²) in [6.45, 7) is 0.597. The monoisotopic (exact) mass is 357 g/mol. The van der Waals surface area contributed by atoms with Crippen LogP contribution >= 0.6 is 0 Å². The molecule has 3 aromatic rings. The Balaban J connectivity index is 1.53. The molecule has 0 fully saturated rings. The highest BCUT2D eigenvalue weighted by molar-refractivity contribution is 5.35. The van der Waals surface area contributed by atoms with Gasteiger partial charge in [-0.15, -0.1) is 0 Å². The first-order chi connectivity index (χ1) is 12.6. The molecule has 1 heterocycles. The Morgan fingerprint density at radius 3 is 2.15 bits per heavy atom. The molecule has 0 aliphatic heterocycles. The second-order valence-electron chi connectivity index (χ2n) is 5.45. The topological polar surface area (TPSA) is 56.3 Å². The van der Waals surface area contributed by atoms with Crippen molar-refractivity contribution < 1.29 is 18.3 Å². The molecule has 0 saturated carbocycles. The Kier molecular flexibility index (Phi) is 5.58. The zero-order valence-electron chi connectivity index (χ0n) is 14.1. The summed E-state index contributed by atoms with van der Waals surface area (Å²) in [6.07, 6.45) is 1.06. The van der Waals surface area contributed by atoms with Gasteiger partial charge in [0.2, 0.25) is 0 Å². The summed E-state index contributed by atoms with van der Waals surface area (Å²) in [7, 11) is 1.57. The van der Waals surface area contributed by atoms with E-state index in [1.165, 1.54) is 12.1 Å². The van der Waals surface area contributed by atoms with Gasteiger partial charge in [0.05, 0.1) is 6.20 Å². The fraction of sp³-hybridized carbons (Fsp3) is 0.158. The summed E-state index contributed by atoms with van der Waals surface area (Å²) < 4.78 is 37.3. The van der Waals surface area contributed by atoms with Crippen LogP contribution in [-0.2, 0) is 13.2 Å². The molecule has 0 amide bonds. The molecule has 0 aliphatic carbocycles. The molecular formula is C19H17F2N3O2. The van der Waals surface area contributed by atoms with Gasteiger partial charge in [-0.25, -0.2) is 13.8 Å². The van der Waals surface area contributed by atoms with Crippen LogP contribution in [0.3, 0.4) is 0 Å². The molecular weight excluding hydrogens is 340 g/mol. The Morgan fingerprint density at radius 1 is 0.885 bits per heavy atom. The summed E-state index contributed by atoms with van der Waals surface area (Å²) in [5.74, 6) is -0.0410. The minimum Gasteiger partial charge on any atom is -0.489 e. The Labute approximate surface area is 149 Å². The average molecular weight is 357 g/mol. The first kappa shape index (κ1) is 17.6. The number of rotatable bonds is 7. The lowest BCUT2D eigenvalue weighted by molar-refractivity contribution is 0.279. The number of nitrogens with one attached hydrogen (secondary N) is 1. The Hall–Kier alpha value is -3.22. The van der Waals surface area contributed by atoms with Crippen LogP contribution in [0.25, 0.3) is 0 Å². The largest absolute Gasteiger partial charge is 0.489 e. The molecule has 1 aromatic heterocycles. The lowest BCUT2D eigenvalue weighted by Gasteiger charge is -2.09. The van der Waals surface area contributed by atoms with Crippen LogP contribution in [0.1, 0.15) is 11.1 Å². The SMILES string of the molecule is CNc1nc(OCc2ccc(OCc3ccc(F)cc3)cc2)ncc1F. The quantitative estimate of drug-likeness (QED) is 0.694. The van der Waals surface area contributed by atoms with Gasteiger partial charge in [-0.1, -0.05) is 24.3 Å². The van der Waals surface area contributed by atoms with Gasteiger partial charge < -0.3 is 14.8 Å². The minimum absolute atomic E-state index is 0.0829. The summed E-state index contributed by atoms with van der Waals surface area (Å²) in [4.78, 5) is 7.71. The van der Waals surface area contributed by atoms with Crippen LogP contribution in [0.5, 0.6) is 11.8 Å². The third-order valence-electron chi connectivity index (χ3n) is 3.57. The van der Waals surface area contributed by atoms with E-state index in [2.05, 4.69) is 15.3 Å². The van der Waals surface area contributed by atoms with Crippen molar-refractivity contribution in [3.05, 3.63) is 77.5 Å². The molecule has 0 radical (unpaired) electrons. The van der Waals surface area contributed by atoms with Crippen molar-refractivity contribution in [2.24, 2.45) is 0 Å². The molecule has 5 nitrogen and oxygen atoms in total. The van der Waals surface area contributed by atoms with E-state index in [1.54, 1.807) is 19.2 Å². The zero-order valence-corrected chi connectivity index (χ0v) is 14.1. The lowest BCUT2D eigenvalue weighted by Crippen LogP contribution is -2.03. The molecule has 0 atom stereocenters. The predicted molar refractivity (Wildman–Crippen MR) is 93.0 cm³/mol. The van der Waals surface area contributed by atoms with E-state index in [1.807, 2.05) is 24.3 Å². The fourth-order valence-electron chi connectivity index (χ4n) is 2.17. The number of benzene rings is 2. The molecule has 26 heavy (non-hydrogen) atoms. The molecule has 3 rings (SSSR count). The van der Waals surface area contributed by atoms with Crippen LogP contribution in [0.2, 0.25) is 0 Å². The maximum atomic E-state index is 13.3. The van der Waals surface area contributed by atoms with Crippen molar-refractivity contribution in [1.29, 1.82) is 0 Å². The number of hydrogen-bond acceptors (Lipinski definition) is 5. The molecule has 0 spiro atoms. The van der Waals surface area contributed by atoms with Gasteiger partial charge in [-0.3, -0.25) is 0 Å². The summed E-state index contributed by atoms with van der Waals surface area (Å²) in [6, 6.07) is 13.6. The average Bonchev–Trinajstić information content (AvgIpc) is 2.68. The van der Waals surface area contributed by atoms with Gasteiger partial charge in [-0.2, -0.15) is 4.98 Å². The van der Waals surface area contributed by atoms with Gasteiger partial charge in [0, 0.05) is 7.05 Å². The van der Waals surface area contributed by atoms with Gasteiger partial charge in [-0.05, 0) is 35.4 Å². The molecule has 1 N–H and O–H groups in total. The zero-order chi connectivity index (χ0) is 18.4. The second kappa shape index (κ2) is 8.24. The summed E-state index contributed by atoms with van der Waals surface area (Å²) in [5, 5.41) is 2.63. The fourth-order valence-corrected chi connectivity index (χ4v) is 2.17. The van der Waals surface area contributed by atoms with Crippen LogP contribution in [0.15, 0.2) is 54.7 Å². The maximum Gasteiger partial charge on any atom is 0.318 e. The number of anilines is 1. The van der Waals surface area contributed by atoms with Crippen molar-refractivity contribution in [3.63, 3.8) is 0 Å². The third-order valence-corrected chi connectivity index (χ3v) is 3.57. The van der Waals surface area contributed by atoms with Gasteiger partial charge in [0.1, 0.15) is 24.8 Å². The molecule has 0 aliphatic rings. The van der Waals surface area contributed by atoms with E-state index in [0.717, 1.165) is 17.3 Å². The summed E-state index contributed by atoms with van der Waals surface area (Å²) >= 11 is 0. The molecule has 0 unspecified atom stereocenters. The van der Waals surface area contributed by atoms with E-state index >= 15 is 0 Å². The number of nitrogens with zero attached hydrogens (tertiary/aromatic N) is 2. The van der Waals surface area contributed by atoms with Crippen molar-refractivity contribution in [2.45, 2.75) is 13.2 Å². The van der Waals surface area contributed by atoms with Crippen molar-refractivity contribution in [3.8, 4) is 11.8 Å². The maximum absolute atomic E-state index is 13.3. The number of aromatic nitrogens is 2. The van der Waals surface area contributed by atoms with Crippen LogP contribution < -0.4 is 14.8 Å². The molecule has 134 valence electrons. The van der Waals surface area contributed by atoms with Gasteiger partial charge >= 0.3 is 6.01 Å². The lowest BCUT2D eigenvalue weighted by atomic mass is 10.2. The third kappa shape index (κ3) is 4.66. The number of hydrogen-bond donors (Lipinski definition) is 1. The molecule has 0 saturated heterocycles. The first-order valence-corrected chi connectivity index (χ1v) is 7.93. The Bertz CT molecular complexity index is 856. The predicted octanol–water partition coefficient (Wildman–Crippen LogP) is 3.95. The van der Waals surface area contributed by atoms with Crippen molar-refractivity contribution in [1.82, 2.24) is 9.97 Å². The molecule has 2 aromatic carbocycles. The normalized spacial score (nSPS) is 10.4. The van der Waals surface area contributed by atoms with Gasteiger partial charge in [0.15, 0.2) is 11.6 Å². The summed E-state index contributed by atoms with van der Waals surface area (Å²) in [5.41, 5.74) is 1.77. The smallest absolute Gasteiger partial charge is 0.318 e. The minimum atomic E-state index is -0.539. The number of halogens is 2. The van der Waals surface area contributed by atoms with E-state index in [0.29, 0.717) is 12.4 Å². The van der Waals surface area contributed by atoms with Gasteiger partial charge in [0.25, 0.3) is 0 Å². The highest BCUT2D eigenvalue weighted by Crippen LogP contribution is 2.17. The van der Waals surface area contributed by atoms with Crippen LogP contribution in [0, 0.1) is 11.6 Å². The molecule has 7 heteroatoms. The van der Waals surface area contributed by atoms with E-state index in [4.69, 9.17) is 9.47 Å². The Morgan fingerprint density at radius 2 is 1.50 bits per heavy atom. The molecule has 0 bridgehead atoms. The van der Waals surface area contributed by atoms with Crippen LogP contribution in [0.4, 0.5) is 14.6 Å². The van der Waals surface area contributed by atoms with E-state index in [9.17, 15) is 8.78 Å². The van der Waals surface area contributed by atoms with E-state index in [-0.39, 0.29) is 24.3 Å². The first-order valence-electron chi connectivity index (χ1n) is 7.93. The highest BCUT2D eigenvalue weighted by Gasteiger charge is 2.06. The highest BCUT2D eigenvalue weighted by atomic mass is 19.1. The van der Waals surface area contributed by atoms with Crippen LogP contribution in [-0.4, -0.2) is 17.0 Å². The van der Waals surface area contributed by atoms with Crippen molar-refractivity contribution in [2.75, 3.05) is 12.4 Å². The van der Waals surface area contributed by atoms with Crippen molar-refractivity contribution >= 4 is 5.82 Å². The second-order valence-corrected chi connectivity index (χ2v) is 5.45. The van der Waals surface area contributed by atoms with E-state index < -0.39 is 5.82 Å².